The predicted octanol–water partition coefficient (Wildman–Crippen LogP) is 3.37. The molecule has 138 valence electrons. The number of fused-ring (bicyclic) bond motifs is 1. The van der Waals surface area contributed by atoms with E-state index in [-0.39, 0.29) is 11.8 Å². The van der Waals surface area contributed by atoms with Gasteiger partial charge >= 0.3 is 0 Å². The standard InChI is InChI=1S/C21H22N4O2/c26-20(12-11-19-23-17-5-1-2-6-18(17)24-19)22-16-9-7-15(8-10-16)21(27)25-13-3-4-14-25/h1-2,5-10H,3-4,11-14H2,(H,22,26)(H,23,24). The second-order valence-corrected chi connectivity index (χ2v) is 6.83. The van der Waals surface area contributed by atoms with Gasteiger partial charge in [-0.15, -0.1) is 0 Å². The molecule has 6 heteroatoms. The van der Waals surface area contributed by atoms with Crippen molar-refractivity contribution in [2.75, 3.05) is 18.4 Å². The van der Waals surface area contributed by atoms with Crippen LogP contribution in [-0.4, -0.2) is 39.8 Å². The third-order valence-corrected chi connectivity index (χ3v) is 4.84. The Morgan fingerprint density at radius 1 is 1.04 bits per heavy atom. The maximum absolute atomic E-state index is 12.3. The fourth-order valence-corrected chi connectivity index (χ4v) is 3.38. The maximum atomic E-state index is 12.3. The Morgan fingerprint density at radius 3 is 2.52 bits per heavy atom. The number of nitrogens with zero attached hydrogens (tertiary/aromatic N) is 2. The minimum Gasteiger partial charge on any atom is -0.342 e. The number of amides is 2. The van der Waals surface area contributed by atoms with E-state index in [4.69, 9.17) is 0 Å². The molecule has 0 radical (unpaired) electrons. The van der Waals surface area contributed by atoms with Crippen molar-refractivity contribution in [2.24, 2.45) is 0 Å². The fourth-order valence-electron chi connectivity index (χ4n) is 3.38. The van der Waals surface area contributed by atoms with Crippen LogP contribution in [-0.2, 0) is 11.2 Å². The summed E-state index contributed by atoms with van der Waals surface area (Å²) in [6.45, 7) is 1.66. The summed E-state index contributed by atoms with van der Waals surface area (Å²) in [4.78, 5) is 34.1. The summed E-state index contributed by atoms with van der Waals surface area (Å²) >= 11 is 0. The molecule has 0 spiro atoms. The molecule has 3 aromatic rings. The lowest BCUT2D eigenvalue weighted by Crippen LogP contribution is -2.27. The maximum Gasteiger partial charge on any atom is 0.253 e. The lowest BCUT2D eigenvalue weighted by atomic mass is 10.1. The van der Waals surface area contributed by atoms with Crippen molar-refractivity contribution in [1.82, 2.24) is 14.9 Å². The average Bonchev–Trinajstić information content (AvgIpc) is 3.36. The smallest absolute Gasteiger partial charge is 0.253 e. The summed E-state index contributed by atoms with van der Waals surface area (Å²) in [6.07, 6.45) is 3.04. The van der Waals surface area contributed by atoms with Crippen LogP contribution < -0.4 is 5.32 Å². The van der Waals surface area contributed by atoms with E-state index in [2.05, 4.69) is 15.3 Å². The third-order valence-electron chi connectivity index (χ3n) is 4.84. The highest BCUT2D eigenvalue weighted by molar-refractivity contribution is 5.96. The van der Waals surface area contributed by atoms with Gasteiger partial charge in [-0.2, -0.15) is 0 Å². The molecule has 1 saturated heterocycles. The normalized spacial score (nSPS) is 13.9. The van der Waals surface area contributed by atoms with Gasteiger partial charge in [0, 0.05) is 37.2 Å². The zero-order valence-corrected chi connectivity index (χ0v) is 15.1. The van der Waals surface area contributed by atoms with Gasteiger partial charge in [-0.05, 0) is 49.2 Å². The number of carbonyl (C=O) groups excluding carboxylic acids is 2. The summed E-state index contributed by atoms with van der Waals surface area (Å²) in [5.41, 5.74) is 3.25. The predicted molar refractivity (Wildman–Crippen MR) is 105 cm³/mol. The number of likely N-dealkylation sites (tertiary alicyclic amines) is 1. The van der Waals surface area contributed by atoms with Crippen LogP contribution in [0, 0.1) is 0 Å². The number of aromatic amines is 1. The second kappa shape index (κ2) is 7.61. The van der Waals surface area contributed by atoms with E-state index < -0.39 is 0 Å². The Hall–Kier alpha value is -3.15. The first-order valence-electron chi connectivity index (χ1n) is 9.32. The zero-order chi connectivity index (χ0) is 18.6. The van der Waals surface area contributed by atoms with E-state index in [0.717, 1.165) is 42.8 Å². The molecule has 1 aromatic heterocycles. The number of para-hydroxylation sites is 2. The summed E-state index contributed by atoms with van der Waals surface area (Å²) < 4.78 is 0. The molecule has 0 saturated carbocycles. The molecule has 1 aliphatic heterocycles. The molecule has 4 rings (SSSR count). The molecule has 6 nitrogen and oxygen atoms in total. The molecule has 0 bridgehead atoms. The molecular formula is C21H22N4O2. The van der Waals surface area contributed by atoms with E-state index >= 15 is 0 Å². The minimum absolute atomic E-state index is 0.0651. The Balaban J connectivity index is 1.31. The van der Waals surface area contributed by atoms with Gasteiger partial charge in [0.15, 0.2) is 0 Å². The molecule has 2 heterocycles. The van der Waals surface area contributed by atoms with Gasteiger partial charge in [0.1, 0.15) is 5.82 Å². The van der Waals surface area contributed by atoms with Crippen molar-refractivity contribution in [3.05, 3.63) is 59.9 Å². The monoisotopic (exact) mass is 362 g/mol. The highest BCUT2D eigenvalue weighted by atomic mass is 16.2. The van der Waals surface area contributed by atoms with Crippen molar-refractivity contribution in [3.63, 3.8) is 0 Å². The Morgan fingerprint density at radius 2 is 1.78 bits per heavy atom. The van der Waals surface area contributed by atoms with Crippen LogP contribution in [0.15, 0.2) is 48.5 Å². The van der Waals surface area contributed by atoms with E-state index in [9.17, 15) is 9.59 Å². The van der Waals surface area contributed by atoms with Crippen LogP contribution >= 0.6 is 0 Å². The number of H-pyrrole nitrogens is 1. The van der Waals surface area contributed by atoms with Gasteiger partial charge in [-0.25, -0.2) is 4.98 Å². The van der Waals surface area contributed by atoms with Crippen LogP contribution in [0.25, 0.3) is 11.0 Å². The largest absolute Gasteiger partial charge is 0.342 e. The summed E-state index contributed by atoms with van der Waals surface area (Å²) in [5.74, 6) is 0.794. The lowest BCUT2D eigenvalue weighted by Gasteiger charge is -2.15. The molecule has 0 unspecified atom stereocenters. The van der Waals surface area contributed by atoms with Crippen LogP contribution in [0.5, 0.6) is 0 Å². The summed E-state index contributed by atoms with van der Waals surface area (Å²) in [7, 11) is 0. The van der Waals surface area contributed by atoms with E-state index in [1.165, 1.54) is 0 Å². The molecule has 1 aliphatic rings. The summed E-state index contributed by atoms with van der Waals surface area (Å²) in [5, 5.41) is 2.88. The lowest BCUT2D eigenvalue weighted by molar-refractivity contribution is -0.116. The number of imidazole rings is 1. The van der Waals surface area contributed by atoms with Gasteiger partial charge in [-0.1, -0.05) is 12.1 Å². The number of hydrogen-bond donors (Lipinski definition) is 2. The summed E-state index contributed by atoms with van der Waals surface area (Å²) in [6, 6.07) is 14.9. The SMILES string of the molecule is O=C(CCc1nc2ccccc2[nH]1)Nc1ccc(C(=O)N2CCCC2)cc1. The van der Waals surface area contributed by atoms with Crippen LogP contribution in [0.4, 0.5) is 5.69 Å². The molecule has 2 N–H and O–H groups in total. The van der Waals surface area contributed by atoms with Crippen LogP contribution in [0.1, 0.15) is 35.4 Å². The van der Waals surface area contributed by atoms with Gasteiger partial charge in [0.25, 0.3) is 5.91 Å². The molecule has 0 aliphatic carbocycles. The molecule has 1 fully saturated rings. The number of anilines is 1. The van der Waals surface area contributed by atoms with Crippen molar-refractivity contribution in [3.8, 4) is 0 Å². The van der Waals surface area contributed by atoms with Crippen LogP contribution in [0.3, 0.4) is 0 Å². The van der Waals surface area contributed by atoms with Gasteiger partial charge in [0.2, 0.25) is 5.91 Å². The number of benzene rings is 2. The van der Waals surface area contributed by atoms with Gasteiger partial charge in [0.05, 0.1) is 11.0 Å². The minimum atomic E-state index is -0.0749. The highest BCUT2D eigenvalue weighted by Crippen LogP contribution is 2.16. The van der Waals surface area contributed by atoms with Crippen molar-refractivity contribution < 1.29 is 9.59 Å². The van der Waals surface area contributed by atoms with E-state index in [0.29, 0.717) is 24.1 Å². The van der Waals surface area contributed by atoms with E-state index in [1.54, 1.807) is 24.3 Å². The average molecular weight is 362 g/mol. The number of aromatic nitrogens is 2. The zero-order valence-electron chi connectivity index (χ0n) is 15.1. The van der Waals surface area contributed by atoms with E-state index in [1.807, 2.05) is 29.2 Å². The van der Waals surface area contributed by atoms with Crippen molar-refractivity contribution in [1.29, 1.82) is 0 Å². The Labute approximate surface area is 157 Å². The first-order chi connectivity index (χ1) is 13.2. The van der Waals surface area contributed by atoms with Crippen LogP contribution in [0.2, 0.25) is 0 Å². The topological polar surface area (TPSA) is 78.1 Å². The molecule has 27 heavy (non-hydrogen) atoms. The quantitative estimate of drug-likeness (QED) is 0.730. The number of hydrogen-bond acceptors (Lipinski definition) is 3. The number of nitrogens with one attached hydrogen (secondary N) is 2. The van der Waals surface area contributed by atoms with Crippen molar-refractivity contribution in [2.45, 2.75) is 25.7 Å². The highest BCUT2D eigenvalue weighted by Gasteiger charge is 2.19. The number of aryl methyl sites for hydroxylation is 1. The van der Waals surface area contributed by atoms with Gasteiger partial charge < -0.3 is 15.2 Å². The first-order valence-corrected chi connectivity index (χ1v) is 9.32. The van der Waals surface area contributed by atoms with Gasteiger partial charge in [-0.3, -0.25) is 9.59 Å². The van der Waals surface area contributed by atoms with Crippen molar-refractivity contribution >= 4 is 28.5 Å². The number of carbonyl (C=O) groups is 2. The molecule has 2 amide bonds. The first kappa shape index (κ1) is 17.3. The third kappa shape index (κ3) is 4.00. The Bertz CT molecular complexity index is 923. The molecule has 2 aromatic carbocycles. The molecule has 0 atom stereocenters. The second-order valence-electron chi connectivity index (χ2n) is 6.83. The number of rotatable bonds is 5. The Kier molecular flexibility index (Phi) is 4.87. The molecular weight excluding hydrogens is 340 g/mol. The fraction of sp³-hybridized carbons (Fsp3) is 0.286.